The van der Waals surface area contributed by atoms with Crippen molar-refractivity contribution >= 4 is 21.6 Å². The fraction of sp³-hybridized carbons (Fsp3) is 0.381. The molecule has 0 aliphatic rings. The van der Waals surface area contributed by atoms with E-state index in [0.29, 0.717) is 5.75 Å². The van der Waals surface area contributed by atoms with Crippen LogP contribution in [0.1, 0.15) is 25.8 Å². The van der Waals surface area contributed by atoms with E-state index in [2.05, 4.69) is 5.32 Å². The van der Waals surface area contributed by atoms with E-state index in [0.717, 1.165) is 28.3 Å². The van der Waals surface area contributed by atoms with Crippen molar-refractivity contribution in [2.75, 3.05) is 17.2 Å². The molecule has 0 fully saturated rings. The summed E-state index contributed by atoms with van der Waals surface area (Å²) >= 11 is 0. The second kappa shape index (κ2) is 9.73. The molecule has 2 aromatic carbocycles. The van der Waals surface area contributed by atoms with E-state index in [-0.39, 0.29) is 24.8 Å². The van der Waals surface area contributed by atoms with Crippen LogP contribution in [0, 0.1) is 12.7 Å². The summed E-state index contributed by atoms with van der Waals surface area (Å²) < 4.78 is 44.7. The number of carbonyl (C=O) groups excluding carboxylic acids is 1. The predicted molar refractivity (Wildman–Crippen MR) is 112 cm³/mol. The molecular formula is C21H27FN2O4S. The maximum Gasteiger partial charge on any atom is 0.244 e. The fourth-order valence-electron chi connectivity index (χ4n) is 2.88. The first-order chi connectivity index (χ1) is 13.6. The Kier molecular flexibility index (Phi) is 7.61. The topological polar surface area (TPSA) is 75.7 Å². The number of nitrogens with one attached hydrogen (secondary N) is 1. The van der Waals surface area contributed by atoms with Crippen molar-refractivity contribution in [3.05, 3.63) is 59.9 Å². The van der Waals surface area contributed by atoms with Gasteiger partial charge in [0, 0.05) is 0 Å². The monoisotopic (exact) mass is 422 g/mol. The molecule has 6 nitrogen and oxygen atoms in total. The summed E-state index contributed by atoms with van der Waals surface area (Å²) in [7, 11) is -3.76. The summed E-state index contributed by atoms with van der Waals surface area (Å²) in [6, 6.07) is 11.3. The van der Waals surface area contributed by atoms with Crippen LogP contribution in [0.25, 0.3) is 0 Å². The minimum Gasteiger partial charge on any atom is -0.491 e. The molecule has 0 heterocycles. The third kappa shape index (κ3) is 6.45. The van der Waals surface area contributed by atoms with E-state index in [9.17, 15) is 17.6 Å². The van der Waals surface area contributed by atoms with Crippen LogP contribution in [-0.4, -0.2) is 39.3 Å². The number of rotatable bonds is 9. The van der Waals surface area contributed by atoms with Gasteiger partial charge in [0.2, 0.25) is 15.9 Å². The average Bonchev–Trinajstić information content (AvgIpc) is 2.65. The molecule has 0 aromatic heterocycles. The Morgan fingerprint density at radius 1 is 1.14 bits per heavy atom. The van der Waals surface area contributed by atoms with Crippen LogP contribution in [0.4, 0.5) is 10.1 Å². The zero-order chi connectivity index (χ0) is 21.6. The smallest absolute Gasteiger partial charge is 0.244 e. The van der Waals surface area contributed by atoms with Crippen molar-refractivity contribution in [3.8, 4) is 5.75 Å². The first-order valence-corrected chi connectivity index (χ1v) is 11.2. The van der Waals surface area contributed by atoms with Gasteiger partial charge in [0.05, 0.1) is 18.0 Å². The largest absolute Gasteiger partial charge is 0.491 e. The number of halogens is 1. The Balaban J connectivity index is 2.09. The Bertz CT molecular complexity index is 915. The normalized spacial score (nSPS) is 13.4. The molecule has 8 heteroatoms. The fourth-order valence-corrected chi connectivity index (χ4v) is 4.10. The van der Waals surface area contributed by atoms with Crippen molar-refractivity contribution < 1.29 is 22.3 Å². The number of benzene rings is 2. The third-order valence-corrected chi connectivity index (χ3v) is 5.50. The summed E-state index contributed by atoms with van der Waals surface area (Å²) in [5, 5.41) is 2.80. The van der Waals surface area contributed by atoms with E-state index in [4.69, 9.17) is 4.74 Å². The maximum atomic E-state index is 13.2. The Morgan fingerprint density at radius 3 is 2.24 bits per heavy atom. The molecule has 0 bridgehead atoms. The molecule has 0 saturated heterocycles. The van der Waals surface area contributed by atoms with Gasteiger partial charge in [0.1, 0.15) is 24.2 Å². The number of carbonyl (C=O) groups is 1. The molecule has 0 spiro atoms. The van der Waals surface area contributed by atoms with Gasteiger partial charge < -0.3 is 10.1 Å². The van der Waals surface area contributed by atoms with Gasteiger partial charge in [-0.15, -0.1) is 0 Å². The SMILES string of the molecule is CC[C@H](C(=O)N[C@@H](C)COc1ccc(C)cc1)N(c1ccc(F)cc1)S(C)(=O)=O. The molecule has 0 unspecified atom stereocenters. The van der Waals surface area contributed by atoms with Gasteiger partial charge in [-0.2, -0.15) is 0 Å². The lowest BCUT2D eigenvalue weighted by atomic mass is 10.1. The molecule has 2 atom stereocenters. The summed E-state index contributed by atoms with van der Waals surface area (Å²) in [4.78, 5) is 12.8. The van der Waals surface area contributed by atoms with Crippen LogP contribution < -0.4 is 14.4 Å². The maximum absolute atomic E-state index is 13.2. The highest BCUT2D eigenvalue weighted by molar-refractivity contribution is 7.92. The van der Waals surface area contributed by atoms with Crippen LogP contribution in [-0.2, 0) is 14.8 Å². The summed E-state index contributed by atoms with van der Waals surface area (Å²) in [5.41, 5.74) is 1.35. The number of hydrogen-bond donors (Lipinski definition) is 1. The first-order valence-electron chi connectivity index (χ1n) is 9.36. The van der Waals surface area contributed by atoms with Gasteiger partial charge in [0.15, 0.2) is 0 Å². The Hall–Kier alpha value is -2.61. The molecule has 0 saturated carbocycles. The molecular weight excluding hydrogens is 395 g/mol. The van der Waals surface area contributed by atoms with Crippen molar-refractivity contribution in [2.45, 2.75) is 39.3 Å². The van der Waals surface area contributed by atoms with Crippen LogP contribution in [0.15, 0.2) is 48.5 Å². The highest BCUT2D eigenvalue weighted by atomic mass is 32.2. The van der Waals surface area contributed by atoms with Crippen molar-refractivity contribution in [3.63, 3.8) is 0 Å². The molecule has 0 aliphatic heterocycles. The van der Waals surface area contributed by atoms with E-state index in [1.54, 1.807) is 13.8 Å². The number of hydrogen-bond acceptors (Lipinski definition) is 4. The number of aryl methyl sites for hydroxylation is 1. The average molecular weight is 423 g/mol. The highest BCUT2D eigenvalue weighted by Crippen LogP contribution is 2.23. The van der Waals surface area contributed by atoms with Crippen LogP contribution in [0.3, 0.4) is 0 Å². The number of sulfonamides is 1. The lowest BCUT2D eigenvalue weighted by Crippen LogP contribution is -2.52. The number of anilines is 1. The molecule has 0 aliphatic carbocycles. The number of nitrogens with zero attached hydrogens (tertiary/aromatic N) is 1. The van der Waals surface area contributed by atoms with Gasteiger partial charge >= 0.3 is 0 Å². The molecule has 1 amide bonds. The summed E-state index contributed by atoms with van der Waals surface area (Å²) in [6.45, 7) is 5.72. The minimum atomic E-state index is -3.76. The summed E-state index contributed by atoms with van der Waals surface area (Å²) in [6.07, 6.45) is 1.28. The van der Waals surface area contributed by atoms with Crippen molar-refractivity contribution in [2.24, 2.45) is 0 Å². The molecule has 158 valence electrons. The lowest BCUT2D eigenvalue weighted by molar-refractivity contribution is -0.123. The van der Waals surface area contributed by atoms with Gasteiger partial charge in [0.25, 0.3) is 0 Å². The van der Waals surface area contributed by atoms with Gasteiger partial charge in [-0.25, -0.2) is 12.8 Å². The zero-order valence-corrected chi connectivity index (χ0v) is 17.9. The second-order valence-electron chi connectivity index (χ2n) is 6.99. The van der Waals surface area contributed by atoms with Crippen molar-refractivity contribution in [1.29, 1.82) is 0 Å². The zero-order valence-electron chi connectivity index (χ0n) is 17.1. The molecule has 0 radical (unpaired) electrons. The van der Waals surface area contributed by atoms with Crippen molar-refractivity contribution in [1.82, 2.24) is 5.32 Å². The third-order valence-electron chi connectivity index (χ3n) is 4.32. The molecule has 29 heavy (non-hydrogen) atoms. The molecule has 1 N–H and O–H groups in total. The van der Waals surface area contributed by atoms with E-state index < -0.39 is 27.8 Å². The van der Waals surface area contributed by atoms with E-state index in [1.165, 1.54) is 12.1 Å². The van der Waals surface area contributed by atoms with Crippen LogP contribution in [0.5, 0.6) is 5.75 Å². The van der Waals surface area contributed by atoms with E-state index in [1.807, 2.05) is 31.2 Å². The summed E-state index contributed by atoms with van der Waals surface area (Å²) in [5.74, 6) is -0.239. The van der Waals surface area contributed by atoms with Gasteiger partial charge in [-0.3, -0.25) is 9.10 Å². The molecule has 2 rings (SSSR count). The van der Waals surface area contributed by atoms with Crippen LogP contribution in [0.2, 0.25) is 0 Å². The highest BCUT2D eigenvalue weighted by Gasteiger charge is 2.32. The number of ether oxygens (including phenoxy) is 1. The van der Waals surface area contributed by atoms with Gasteiger partial charge in [-0.1, -0.05) is 24.6 Å². The lowest BCUT2D eigenvalue weighted by Gasteiger charge is -2.31. The van der Waals surface area contributed by atoms with E-state index >= 15 is 0 Å². The van der Waals surface area contributed by atoms with Gasteiger partial charge in [-0.05, 0) is 56.7 Å². The predicted octanol–water partition coefficient (Wildman–Crippen LogP) is 3.26. The Morgan fingerprint density at radius 2 is 1.72 bits per heavy atom. The first kappa shape index (κ1) is 22.7. The quantitative estimate of drug-likeness (QED) is 0.673. The standard InChI is InChI=1S/C21H27FN2O4S/c1-5-20(24(29(4,26)27)18-10-8-17(22)9-11-18)21(25)23-16(3)14-28-19-12-6-15(2)7-13-19/h6-13,16,20H,5,14H2,1-4H3,(H,23,25)/t16-,20+/m0/s1. The second-order valence-corrected chi connectivity index (χ2v) is 8.85. The Labute approximate surface area is 171 Å². The minimum absolute atomic E-state index is 0.236. The van der Waals surface area contributed by atoms with Crippen LogP contribution >= 0.6 is 0 Å². The number of amides is 1. The molecule has 2 aromatic rings.